The van der Waals surface area contributed by atoms with Crippen molar-refractivity contribution in [1.29, 1.82) is 0 Å². The van der Waals surface area contributed by atoms with Crippen molar-refractivity contribution >= 4 is 7.92 Å². The average Bonchev–Trinajstić information content (AvgIpc) is 2.28. The van der Waals surface area contributed by atoms with Crippen molar-refractivity contribution in [3.63, 3.8) is 0 Å². The quantitative estimate of drug-likeness (QED) is 0.325. The summed E-state index contributed by atoms with van der Waals surface area (Å²) in [5.74, 6) is 0. The third-order valence-electron chi connectivity index (χ3n) is 3.84. The Hall–Kier alpha value is 0.430. The van der Waals surface area contributed by atoms with Gasteiger partial charge in [-0.1, -0.05) is 66.2 Å². The second-order valence-electron chi connectivity index (χ2n) is 5.36. The van der Waals surface area contributed by atoms with Crippen LogP contribution in [-0.2, 0) is 0 Å². The van der Waals surface area contributed by atoms with Gasteiger partial charge in [-0.05, 0) is 30.8 Å². The lowest BCUT2D eigenvalue weighted by Crippen LogP contribution is -2.09. The summed E-state index contributed by atoms with van der Waals surface area (Å²) in [5.41, 5.74) is 1.97. The summed E-state index contributed by atoms with van der Waals surface area (Å²) >= 11 is 0. The molecule has 0 bridgehead atoms. The van der Waals surface area contributed by atoms with Crippen molar-refractivity contribution in [3.8, 4) is 0 Å². The van der Waals surface area contributed by atoms with E-state index in [-0.39, 0.29) is 7.92 Å². The van der Waals surface area contributed by atoms with Crippen LogP contribution >= 0.6 is 7.92 Å². The first-order valence-electron chi connectivity index (χ1n) is 7.35. The fourth-order valence-corrected chi connectivity index (χ4v) is 4.27. The average molecular weight is 244 g/mol. The van der Waals surface area contributed by atoms with Crippen LogP contribution in [0.5, 0.6) is 0 Å². The van der Waals surface area contributed by atoms with Crippen LogP contribution < -0.4 is 0 Å². The van der Waals surface area contributed by atoms with Crippen LogP contribution in [0.2, 0.25) is 0 Å². The van der Waals surface area contributed by atoms with E-state index in [0.29, 0.717) is 0 Å². The van der Waals surface area contributed by atoms with Crippen LogP contribution in [0.1, 0.15) is 79.1 Å². The summed E-state index contributed by atoms with van der Waals surface area (Å²) in [6.07, 6.45) is 11.4. The molecule has 98 valence electrons. The summed E-state index contributed by atoms with van der Waals surface area (Å²) in [5, 5.41) is 0. The molecule has 0 aliphatic heterocycles. The van der Waals surface area contributed by atoms with Crippen molar-refractivity contribution in [2.45, 2.75) is 90.4 Å². The minimum absolute atomic E-state index is 0.264. The van der Waals surface area contributed by atoms with Crippen LogP contribution in [-0.4, -0.2) is 18.0 Å². The van der Waals surface area contributed by atoms with Crippen LogP contribution in [0.15, 0.2) is 0 Å². The van der Waals surface area contributed by atoms with Gasteiger partial charge >= 0.3 is 0 Å². The van der Waals surface area contributed by atoms with Gasteiger partial charge in [-0.25, -0.2) is 0 Å². The van der Waals surface area contributed by atoms with Gasteiger partial charge in [0, 0.05) is 0 Å². The zero-order chi connectivity index (χ0) is 12.4. The fraction of sp³-hybridized carbons (Fsp3) is 1.00. The SMILES string of the molecule is CCCCCC(C)P(C)C(C)CCCCC. The lowest BCUT2D eigenvalue weighted by atomic mass is 10.2. The molecule has 2 atom stereocenters. The van der Waals surface area contributed by atoms with Gasteiger partial charge in [0.05, 0.1) is 0 Å². The van der Waals surface area contributed by atoms with Crippen LogP contribution in [0.25, 0.3) is 0 Å². The molecule has 0 N–H and O–H groups in total. The molecule has 0 amide bonds. The summed E-state index contributed by atoms with van der Waals surface area (Å²) in [7, 11) is 0.264. The summed E-state index contributed by atoms with van der Waals surface area (Å²) < 4.78 is 0. The van der Waals surface area contributed by atoms with E-state index in [1.165, 1.54) is 51.4 Å². The minimum Gasteiger partial charge on any atom is -0.104 e. The highest BCUT2D eigenvalue weighted by Crippen LogP contribution is 2.46. The number of rotatable bonds is 10. The zero-order valence-corrected chi connectivity index (χ0v) is 13.2. The topological polar surface area (TPSA) is 0 Å². The van der Waals surface area contributed by atoms with E-state index in [1.54, 1.807) is 0 Å². The highest BCUT2D eigenvalue weighted by Gasteiger charge is 2.17. The van der Waals surface area contributed by atoms with E-state index in [0.717, 1.165) is 11.3 Å². The first-order valence-corrected chi connectivity index (χ1v) is 9.28. The normalized spacial score (nSPS) is 17.1. The highest BCUT2D eigenvalue weighted by molar-refractivity contribution is 7.58. The number of unbranched alkanes of at least 4 members (excludes halogenated alkanes) is 4. The molecule has 1 heteroatoms. The molecule has 0 saturated heterocycles. The molecular formula is C15H33P. The molecule has 0 nitrogen and oxygen atoms in total. The Morgan fingerprint density at radius 2 is 1.12 bits per heavy atom. The van der Waals surface area contributed by atoms with Crippen molar-refractivity contribution < 1.29 is 0 Å². The monoisotopic (exact) mass is 244 g/mol. The third-order valence-corrected chi connectivity index (χ3v) is 7.14. The Bertz CT molecular complexity index is 128. The van der Waals surface area contributed by atoms with Crippen LogP contribution in [0.3, 0.4) is 0 Å². The summed E-state index contributed by atoms with van der Waals surface area (Å²) in [4.78, 5) is 0. The zero-order valence-electron chi connectivity index (χ0n) is 12.3. The van der Waals surface area contributed by atoms with Crippen molar-refractivity contribution in [2.24, 2.45) is 0 Å². The largest absolute Gasteiger partial charge is 0.104 e. The van der Waals surface area contributed by atoms with Crippen molar-refractivity contribution in [3.05, 3.63) is 0 Å². The molecule has 2 unspecified atom stereocenters. The Labute approximate surface area is 105 Å². The molecule has 16 heavy (non-hydrogen) atoms. The maximum atomic E-state index is 2.53. The van der Waals surface area contributed by atoms with Gasteiger partial charge in [0.25, 0.3) is 0 Å². The fourth-order valence-electron chi connectivity index (χ4n) is 2.22. The second kappa shape index (κ2) is 10.6. The molecule has 0 rings (SSSR count). The lowest BCUT2D eigenvalue weighted by Gasteiger charge is -2.27. The molecule has 0 radical (unpaired) electrons. The van der Waals surface area contributed by atoms with Crippen molar-refractivity contribution in [2.75, 3.05) is 6.66 Å². The van der Waals surface area contributed by atoms with Crippen LogP contribution in [0, 0.1) is 0 Å². The maximum absolute atomic E-state index is 2.53. The van der Waals surface area contributed by atoms with Gasteiger partial charge in [0.2, 0.25) is 0 Å². The van der Waals surface area contributed by atoms with Crippen molar-refractivity contribution in [1.82, 2.24) is 0 Å². The van der Waals surface area contributed by atoms with Gasteiger partial charge in [-0.3, -0.25) is 0 Å². The van der Waals surface area contributed by atoms with Gasteiger partial charge < -0.3 is 0 Å². The molecule has 0 aliphatic carbocycles. The summed E-state index contributed by atoms with van der Waals surface area (Å²) in [6, 6.07) is 0. The molecule has 0 aromatic heterocycles. The molecule has 0 saturated carbocycles. The molecule has 0 aromatic rings. The predicted molar refractivity (Wildman–Crippen MR) is 80.1 cm³/mol. The first kappa shape index (κ1) is 16.4. The molecule has 0 aliphatic rings. The first-order chi connectivity index (χ1) is 7.63. The number of hydrogen-bond acceptors (Lipinski definition) is 0. The van der Waals surface area contributed by atoms with E-state index in [2.05, 4.69) is 34.4 Å². The Balaban J connectivity index is 3.68. The minimum atomic E-state index is 0.264. The number of hydrogen-bond donors (Lipinski definition) is 0. The van der Waals surface area contributed by atoms with E-state index < -0.39 is 0 Å². The Morgan fingerprint density at radius 3 is 1.44 bits per heavy atom. The Kier molecular flexibility index (Phi) is 10.9. The second-order valence-corrected chi connectivity index (χ2v) is 8.45. The highest BCUT2D eigenvalue weighted by atomic mass is 31.1. The predicted octanol–water partition coefficient (Wildman–Crippen LogP) is 6.04. The van der Waals surface area contributed by atoms with Crippen LogP contribution in [0.4, 0.5) is 0 Å². The molecule has 0 spiro atoms. The van der Waals surface area contributed by atoms with E-state index >= 15 is 0 Å². The van der Waals surface area contributed by atoms with E-state index in [1.807, 2.05) is 0 Å². The third kappa shape index (κ3) is 7.66. The van der Waals surface area contributed by atoms with E-state index in [4.69, 9.17) is 0 Å². The molecule has 0 aromatic carbocycles. The smallest absolute Gasteiger partial charge is 0.0238 e. The maximum Gasteiger partial charge on any atom is -0.0238 e. The summed E-state index contributed by atoms with van der Waals surface area (Å²) in [6.45, 7) is 12.1. The van der Waals surface area contributed by atoms with Gasteiger partial charge in [-0.2, -0.15) is 0 Å². The lowest BCUT2D eigenvalue weighted by molar-refractivity contribution is 0.640. The molecule has 0 fully saturated rings. The van der Waals surface area contributed by atoms with Gasteiger partial charge in [-0.15, -0.1) is 7.92 Å². The molecular weight excluding hydrogens is 211 g/mol. The van der Waals surface area contributed by atoms with E-state index in [9.17, 15) is 0 Å². The van der Waals surface area contributed by atoms with Gasteiger partial charge in [0.1, 0.15) is 0 Å². The van der Waals surface area contributed by atoms with Gasteiger partial charge in [0.15, 0.2) is 0 Å². The standard InChI is InChI=1S/C15H33P/c1-6-8-10-12-14(3)16(5)15(4)13-11-9-7-2/h14-15H,6-13H2,1-5H3. The Morgan fingerprint density at radius 1 is 0.750 bits per heavy atom. The molecule has 0 heterocycles.